The summed E-state index contributed by atoms with van der Waals surface area (Å²) in [7, 11) is 3.64. The Labute approximate surface area is 201 Å². The normalized spacial score (nSPS) is 18.3. The molecule has 1 aromatic heterocycles. The van der Waals surface area contributed by atoms with Crippen molar-refractivity contribution < 1.29 is 32.7 Å². The summed E-state index contributed by atoms with van der Waals surface area (Å²) in [5.41, 5.74) is 3.45. The summed E-state index contributed by atoms with van der Waals surface area (Å²) in [6.45, 7) is 1.49. The van der Waals surface area contributed by atoms with Gasteiger partial charge in [0, 0.05) is 46.0 Å². The van der Waals surface area contributed by atoms with Crippen molar-refractivity contribution in [2.24, 2.45) is 0 Å². The highest BCUT2D eigenvalue weighted by molar-refractivity contribution is 5.94. The maximum absolute atomic E-state index is 12.8. The van der Waals surface area contributed by atoms with Gasteiger partial charge in [-0.2, -0.15) is 13.2 Å². The summed E-state index contributed by atoms with van der Waals surface area (Å²) in [5.74, 6) is -2.24. The number of amides is 2. The summed E-state index contributed by atoms with van der Waals surface area (Å²) in [5, 5.41) is 7.12. The third-order valence-electron chi connectivity index (χ3n) is 6.69. The monoisotopic (exact) mass is 491 g/mol. The molecule has 188 valence electrons. The average molecular weight is 492 g/mol. The molecule has 0 bridgehead atoms. The van der Waals surface area contributed by atoms with Gasteiger partial charge in [-0.1, -0.05) is 24.3 Å². The molecule has 2 aliphatic rings. The first kappa shape index (κ1) is 26.2. The van der Waals surface area contributed by atoms with Crippen LogP contribution in [0.25, 0.3) is 0 Å². The van der Waals surface area contributed by atoms with Gasteiger partial charge in [-0.15, -0.1) is 0 Å². The number of piperidine rings is 1. The Kier molecular flexibility index (Phi) is 7.82. The number of carbonyl (C=O) groups excluding carboxylic acids is 2. The number of likely N-dealkylation sites (tertiary alicyclic amines) is 1. The fraction of sp³-hybridized carbons (Fsp3) is 0.440. The third kappa shape index (κ3) is 5.98. The van der Waals surface area contributed by atoms with Gasteiger partial charge in [0.05, 0.1) is 5.56 Å². The zero-order valence-electron chi connectivity index (χ0n) is 19.6. The number of benzene rings is 1. The van der Waals surface area contributed by atoms with Gasteiger partial charge in [-0.25, -0.2) is 4.79 Å². The molecule has 7 nitrogen and oxygen atoms in total. The largest absolute Gasteiger partial charge is 0.490 e. The van der Waals surface area contributed by atoms with E-state index in [4.69, 9.17) is 9.90 Å². The lowest BCUT2D eigenvalue weighted by molar-refractivity contribution is -0.192. The van der Waals surface area contributed by atoms with Crippen LogP contribution in [0.3, 0.4) is 0 Å². The summed E-state index contributed by atoms with van der Waals surface area (Å²) in [4.78, 5) is 41.7. The predicted octanol–water partition coefficient (Wildman–Crippen LogP) is 3.85. The SMILES string of the molecule is CN(C)C(=O)CC1CC2(CCN(C(=O)c3cccnc3)CC2)c2ccccc21.O=C(O)C(F)(F)F. The molecule has 1 fully saturated rings. The number of hydrogen-bond acceptors (Lipinski definition) is 4. The highest BCUT2D eigenvalue weighted by Gasteiger charge is 2.46. The van der Waals surface area contributed by atoms with Crippen LogP contribution in [0.2, 0.25) is 0 Å². The molecule has 1 aromatic carbocycles. The van der Waals surface area contributed by atoms with Gasteiger partial charge in [-0.3, -0.25) is 14.6 Å². The van der Waals surface area contributed by atoms with E-state index in [1.807, 2.05) is 25.1 Å². The molecule has 0 saturated carbocycles. The quantitative estimate of drug-likeness (QED) is 0.704. The van der Waals surface area contributed by atoms with Gasteiger partial charge in [0.1, 0.15) is 0 Å². The Hall–Kier alpha value is -3.43. The Bertz CT molecular complexity index is 1070. The molecule has 35 heavy (non-hydrogen) atoms. The molecule has 2 heterocycles. The number of rotatable bonds is 3. The molecular weight excluding hydrogens is 463 g/mol. The van der Waals surface area contributed by atoms with Crippen LogP contribution in [0.5, 0.6) is 0 Å². The molecule has 1 spiro atoms. The fourth-order valence-corrected chi connectivity index (χ4v) is 4.89. The number of aliphatic carboxylic acids is 1. The van der Waals surface area contributed by atoms with Crippen LogP contribution < -0.4 is 0 Å². The van der Waals surface area contributed by atoms with E-state index in [2.05, 4.69) is 29.2 Å². The summed E-state index contributed by atoms with van der Waals surface area (Å²) in [6.07, 6.45) is 1.70. The van der Waals surface area contributed by atoms with Crippen molar-refractivity contribution >= 4 is 17.8 Å². The van der Waals surface area contributed by atoms with Gasteiger partial charge < -0.3 is 14.9 Å². The van der Waals surface area contributed by atoms with Crippen molar-refractivity contribution in [1.82, 2.24) is 14.8 Å². The van der Waals surface area contributed by atoms with Gasteiger partial charge in [0.2, 0.25) is 5.91 Å². The van der Waals surface area contributed by atoms with Crippen molar-refractivity contribution in [3.63, 3.8) is 0 Å². The molecule has 1 aliphatic heterocycles. The van der Waals surface area contributed by atoms with Crippen LogP contribution in [0.1, 0.15) is 53.1 Å². The molecule has 4 rings (SSSR count). The smallest absolute Gasteiger partial charge is 0.475 e. The van der Waals surface area contributed by atoms with Crippen LogP contribution in [-0.4, -0.2) is 71.0 Å². The minimum atomic E-state index is -5.08. The minimum absolute atomic E-state index is 0.0635. The van der Waals surface area contributed by atoms with Gasteiger partial charge >= 0.3 is 12.1 Å². The number of pyridine rings is 1. The van der Waals surface area contributed by atoms with Gasteiger partial charge in [0.15, 0.2) is 0 Å². The standard InChI is InChI=1S/C23H27N3O2.C2HF3O2/c1-25(2)21(27)14-18-15-23(20-8-4-3-7-19(18)20)9-12-26(13-10-23)22(28)17-6-5-11-24-16-17;3-2(4,5)1(6)7/h3-8,11,16,18H,9-10,12-15H2,1-2H3;(H,6,7). The van der Waals surface area contributed by atoms with Crippen LogP contribution in [0, 0.1) is 0 Å². The third-order valence-corrected chi connectivity index (χ3v) is 6.69. The lowest BCUT2D eigenvalue weighted by Gasteiger charge is -2.40. The number of halogens is 3. The van der Waals surface area contributed by atoms with Gasteiger partial charge in [-0.05, 0) is 53.9 Å². The van der Waals surface area contributed by atoms with Gasteiger partial charge in [0.25, 0.3) is 5.91 Å². The molecule has 1 atom stereocenters. The van der Waals surface area contributed by atoms with E-state index in [1.54, 1.807) is 23.4 Å². The lowest BCUT2D eigenvalue weighted by Crippen LogP contribution is -2.44. The number of carboxylic acid groups (broad SMARTS) is 1. The molecule has 1 N–H and O–H groups in total. The number of carboxylic acids is 1. The second-order valence-electron chi connectivity index (χ2n) is 9.10. The Morgan fingerprint density at radius 3 is 2.29 bits per heavy atom. The van der Waals surface area contributed by atoms with E-state index >= 15 is 0 Å². The molecule has 1 unspecified atom stereocenters. The summed E-state index contributed by atoms with van der Waals surface area (Å²) < 4.78 is 31.7. The maximum Gasteiger partial charge on any atom is 0.490 e. The van der Waals surface area contributed by atoms with Crippen LogP contribution >= 0.6 is 0 Å². The summed E-state index contributed by atoms with van der Waals surface area (Å²) >= 11 is 0. The highest BCUT2D eigenvalue weighted by Crippen LogP contribution is 2.52. The molecule has 10 heteroatoms. The van der Waals surface area contributed by atoms with Crippen molar-refractivity contribution in [2.75, 3.05) is 27.2 Å². The predicted molar refractivity (Wildman–Crippen MR) is 122 cm³/mol. The van der Waals surface area contributed by atoms with Crippen molar-refractivity contribution in [3.8, 4) is 0 Å². The van der Waals surface area contributed by atoms with Crippen molar-refractivity contribution in [3.05, 3.63) is 65.5 Å². The number of alkyl halides is 3. The van der Waals surface area contributed by atoms with E-state index in [-0.39, 0.29) is 23.1 Å². The summed E-state index contributed by atoms with van der Waals surface area (Å²) in [6, 6.07) is 12.2. The zero-order valence-corrected chi connectivity index (χ0v) is 19.6. The topological polar surface area (TPSA) is 90.8 Å². The average Bonchev–Trinajstić information content (AvgIpc) is 3.12. The van der Waals surface area contributed by atoms with Crippen LogP contribution in [0.4, 0.5) is 13.2 Å². The Balaban J connectivity index is 0.000000429. The first-order valence-corrected chi connectivity index (χ1v) is 11.2. The molecular formula is C25H28F3N3O4. The maximum atomic E-state index is 12.8. The number of nitrogens with zero attached hydrogens (tertiary/aromatic N) is 3. The van der Waals surface area contributed by atoms with E-state index in [9.17, 15) is 22.8 Å². The number of fused-ring (bicyclic) bond motifs is 2. The first-order valence-electron chi connectivity index (χ1n) is 11.2. The number of hydrogen-bond donors (Lipinski definition) is 1. The van der Waals surface area contributed by atoms with Crippen molar-refractivity contribution in [2.45, 2.75) is 43.2 Å². The first-order chi connectivity index (χ1) is 16.4. The second-order valence-corrected chi connectivity index (χ2v) is 9.10. The van der Waals surface area contributed by atoms with E-state index in [0.717, 1.165) is 32.4 Å². The zero-order chi connectivity index (χ0) is 25.8. The number of carbonyl (C=O) groups is 3. The Morgan fingerprint density at radius 2 is 1.74 bits per heavy atom. The second kappa shape index (κ2) is 10.5. The molecule has 2 aromatic rings. The molecule has 0 radical (unpaired) electrons. The van der Waals surface area contributed by atoms with E-state index in [0.29, 0.717) is 12.0 Å². The van der Waals surface area contributed by atoms with E-state index in [1.165, 1.54) is 11.1 Å². The fourth-order valence-electron chi connectivity index (χ4n) is 4.89. The molecule has 1 aliphatic carbocycles. The van der Waals surface area contributed by atoms with Crippen LogP contribution in [-0.2, 0) is 15.0 Å². The van der Waals surface area contributed by atoms with Crippen molar-refractivity contribution in [1.29, 1.82) is 0 Å². The highest BCUT2D eigenvalue weighted by atomic mass is 19.4. The lowest BCUT2D eigenvalue weighted by atomic mass is 9.73. The molecule has 1 saturated heterocycles. The molecule has 2 amide bonds. The number of aromatic nitrogens is 1. The minimum Gasteiger partial charge on any atom is -0.475 e. The Morgan fingerprint density at radius 1 is 1.11 bits per heavy atom. The van der Waals surface area contributed by atoms with E-state index < -0.39 is 12.1 Å². The van der Waals surface area contributed by atoms with Crippen LogP contribution in [0.15, 0.2) is 48.8 Å².